The van der Waals surface area contributed by atoms with Crippen molar-refractivity contribution < 1.29 is 29.3 Å². The highest BCUT2D eigenvalue weighted by atomic mass is 16.8. The molecule has 5 fully saturated rings. The third-order valence-electron chi connectivity index (χ3n) is 8.01. The van der Waals surface area contributed by atoms with Gasteiger partial charge in [-0.15, -0.1) is 0 Å². The molecule has 0 radical (unpaired) electrons. The standard InChI is InChI=1S/C22H34N2O6/c1-17(2,3)15(25)23-11-21(27)19(9-7-13(19)23)29-22(28)12-24(16(26)18(4,5)6)14-8-10-20(14,22)30-21/h13-14,27-28H,7-12H2,1-6H3/t13?,14?,19-,20-,21+,22+/m0/s1. The Labute approximate surface area is 177 Å². The Morgan fingerprint density at radius 1 is 0.767 bits per heavy atom. The number of hydrogen-bond donors (Lipinski definition) is 2. The maximum absolute atomic E-state index is 13.1. The smallest absolute Gasteiger partial charge is 0.228 e. The number of amides is 2. The van der Waals surface area contributed by atoms with Gasteiger partial charge in [-0.3, -0.25) is 9.59 Å². The lowest BCUT2D eigenvalue weighted by molar-refractivity contribution is -0.489. The van der Waals surface area contributed by atoms with Gasteiger partial charge in [-0.25, -0.2) is 0 Å². The summed E-state index contributed by atoms with van der Waals surface area (Å²) in [4.78, 5) is 29.5. The molecule has 0 bridgehead atoms. The minimum Gasteiger partial charge on any atom is -0.362 e. The van der Waals surface area contributed by atoms with Crippen molar-refractivity contribution in [2.24, 2.45) is 10.8 Å². The summed E-state index contributed by atoms with van der Waals surface area (Å²) in [7, 11) is 0. The van der Waals surface area contributed by atoms with Crippen LogP contribution in [0.1, 0.15) is 67.2 Å². The van der Waals surface area contributed by atoms with Crippen molar-refractivity contribution in [3.63, 3.8) is 0 Å². The Hall–Kier alpha value is -1.22. The van der Waals surface area contributed by atoms with Crippen LogP contribution in [0.3, 0.4) is 0 Å². The molecule has 3 aliphatic heterocycles. The van der Waals surface area contributed by atoms with Crippen molar-refractivity contribution in [2.75, 3.05) is 13.1 Å². The van der Waals surface area contributed by atoms with E-state index in [0.29, 0.717) is 25.7 Å². The van der Waals surface area contributed by atoms with Crippen LogP contribution >= 0.6 is 0 Å². The average molecular weight is 423 g/mol. The zero-order valence-corrected chi connectivity index (χ0v) is 18.8. The summed E-state index contributed by atoms with van der Waals surface area (Å²) in [5.74, 6) is -3.51. The Kier molecular flexibility index (Phi) is 3.72. The SMILES string of the molecule is CC(C)(C)C(=O)N1C[C@@]2(O)O[C@@]34CCC3N(C(=O)C(C)(C)C)C[C@@]4(O)O[C@]23CCC13. The first kappa shape index (κ1) is 20.7. The van der Waals surface area contributed by atoms with Crippen LogP contribution in [0.15, 0.2) is 0 Å². The first-order valence-corrected chi connectivity index (χ1v) is 11.1. The van der Waals surface area contributed by atoms with Gasteiger partial charge in [0.15, 0.2) is 0 Å². The Bertz CT molecular complexity index is 764. The zero-order valence-electron chi connectivity index (χ0n) is 18.8. The summed E-state index contributed by atoms with van der Waals surface area (Å²) in [6.07, 6.45) is 2.37. The molecule has 30 heavy (non-hydrogen) atoms. The van der Waals surface area contributed by atoms with E-state index in [4.69, 9.17) is 9.47 Å². The average Bonchev–Trinajstić information content (AvgIpc) is 2.83. The van der Waals surface area contributed by atoms with Gasteiger partial charge in [-0.1, -0.05) is 41.5 Å². The van der Waals surface area contributed by atoms with Crippen molar-refractivity contribution in [1.82, 2.24) is 9.80 Å². The summed E-state index contributed by atoms with van der Waals surface area (Å²) in [6.45, 7) is 11.2. The maximum Gasteiger partial charge on any atom is 0.228 e. The largest absolute Gasteiger partial charge is 0.362 e. The fraction of sp³-hybridized carbons (Fsp3) is 0.909. The second-order valence-corrected chi connectivity index (χ2v) is 12.0. The highest BCUT2D eigenvalue weighted by Crippen LogP contribution is 2.66. The number of ether oxygens (including phenoxy) is 2. The van der Waals surface area contributed by atoms with Crippen LogP contribution in [0.4, 0.5) is 0 Å². The monoisotopic (exact) mass is 422 g/mol. The van der Waals surface area contributed by atoms with E-state index in [-0.39, 0.29) is 37.0 Å². The molecule has 2 saturated carbocycles. The molecule has 0 aromatic carbocycles. The van der Waals surface area contributed by atoms with Gasteiger partial charge < -0.3 is 29.5 Å². The number of hydrogen-bond acceptors (Lipinski definition) is 6. The number of rotatable bonds is 0. The van der Waals surface area contributed by atoms with Crippen LogP contribution in [0.5, 0.6) is 0 Å². The van der Waals surface area contributed by atoms with Crippen LogP contribution in [0.2, 0.25) is 0 Å². The van der Waals surface area contributed by atoms with Gasteiger partial charge >= 0.3 is 0 Å². The Morgan fingerprint density at radius 2 is 1.10 bits per heavy atom. The summed E-state index contributed by atoms with van der Waals surface area (Å²) in [6, 6.07) is -0.692. The highest BCUT2D eigenvalue weighted by molar-refractivity contribution is 5.83. The van der Waals surface area contributed by atoms with Crippen LogP contribution in [-0.2, 0) is 19.1 Å². The fourth-order valence-corrected chi connectivity index (χ4v) is 6.27. The molecule has 0 aromatic rings. The first-order chi connectivity index (χ1) is 13.6. The minimum atomic E-state index is -1.69. The lowest BCUT2D eigenvalue weighted by atomic mass is 9.65. The summed E-state index contributed by atoms with van der Waals surface area (Å²) in [5, 5.41) is 23.4. The van der Waals surface area contributed by atoms with E-state index in [1.807, 2.05) is 41.5 Å². The van der Waals surface area contributed by atoms with Crippen molar-refractivity contribution in [1.29, 1.82) is 0 Å². The first-order valence-electron chi connectivity index (χ1n) is 11.1. The molecule has 2 aliphatic carbocycles. The summed E-state index contributed by atoms with van der Waals surface area (Å²) >= 11 is 0. The van der Waals surface area contributed by atoms with E-state index in [9.17, 15) is 19.8 Å². The van der Waals surface area contributed by atoms with Crippen LogP contribution in [0.25, 0.3) is 0 Å². The predicted octanol–water partition coefficient (Wildman–Crippen LogP) is 0.989. The summed E-state index contributed by atoms with van der Waals surface area (Å²) < 4.78 is 12.8. The normalized spacial score (nSPS) is 46.9. The molecule has 2 N–H and O–H groups in total. The maximum atomic E-state index is 13.1. The molecule has 8 nitrogen and oxygen atoms in total. The minimum absolute atomic E-state index is 0.0194. The molecule has 8 heteroatoms. The van der Waals surface area contributed by atoms with Gasteiger partial charge in [-0.2, -0.15) is 0 Å². The lowest BCUT2D eigenvalue weighted by Crippen LogP contribution is -2.81. The predicted molar refractivity (Wildman–Crippen MR) is 106 cm³/mol. The van der Waals surface area contributed by atoms with Gasteiger partial charge in [0.2, 0.25) is 23.4 Å². The van der Waals surface area contributed by atoms with Crippen LogP contribution < -0.4 is 0 Å². The fourth-order valence-electron chi connectivity index (χ4n) is 6.27. The number of likely N-dealkylation sites (tertiary alicyclic amines) is 2. The van der Waals surface area contributed by atoms with E-state index >= 15 is 0 Å². The molecule has 0 aromatic heterocycles. The third kappa shape index (κ3) is 2.16. The molecular formula is C22H34N2O6. The quantitative estimate of drug-likeness (QED) is 0.604. The molecule has 5 aliphatic rings. The second kappa shape index (κ2) is 5.39. The van der Waals surface area contributed by atoms with E-state index in [1.165, 1.54) is 0 Å². The molecule has 3 heterocycles. The molecule has 2 unspecified atom stereocenters. The van der Waals surface area contributed by atoms with Crippen molar-refractivity contribution in [2.45, 2.75) is 102 Å². The third-order valence-corrected chi connectivity index (χ3v) is 8.01. The second-order valence-electron chi connectivity index (χ2n) is 12.0. The van der Waals surface area contributed by atoms with E-state index < -0.39 is 33.6 Å². The number of β-amino-alcohol motifs (C(OH)–C–C–N with tert-alkyl or cyclic N) is 2. The number of aliphatic hydroxyl groups is 2. The Balaban J connectivity index is 1.51. The number of carbonyl (C=O) groups excluding carboxylic acids is 2. The molecule has 2 spiro atoms. The van der Waals surface area contributed by atoms with Gasteiger partial charge in [0.05, 0.1) is 25.2 Å². The van der Waals surface area contributed by atoms with Crippen molar-refractivity contribution in [3.05, 3.63) is 0 Å². The molecule has 168 valence electrons. The van der Waals surface area contributed by atoms with Gasteiger partial charge in [0.1, 0.15) is 11.2 Å². The zero-order chi connectivity index (χ0) is 22.1. The van der Waals surface area contributed by atoms with Crippen LogP contribution in [0, 0.1) is 10.8 Å². The van der Waals surface area contributed by atoms with Gasteiger partial charge in [-0.05, 0) is 25.7 Å². The lowest BCUT2D eigenvalue weighted by Gasteiger charge is -2.64. The molecule has 3 saturated heterocycles. The topological polar surface area (TPSA) is 99.5 Å². The van der Waals surface area contributed by atoms with Crippen molar-refractivity contribution >= 4 is 11.8 Å². The van der Waals surface area contributed by atoms with Crippen LogP contribution in [-0.4, -0.2) is 79.8 Å². The van der Waals surface area contributed by atoms with Gasteiger partial charge in [0.25, 0.3) is 0 Å². The molecular weight excluding hydrogens is 388 g/mol. The molecule has 2 amide bonds. The van der Waals surface area contributed by atoms with E-state index in [2.05, 4.69) is 0 Å². The van der Waals surface area contributed by atoms with Crippen molar-refractivity contribution in [3.8, 4) is 0 Å². The summed E-state index contributed by atoms with van der Waals surface area (Å²) in [5.41, 5.74) is -3.51. The number of nitrogens with zero attached hydrogens (tertiary/aromatic N) is 2. The van der Waals surface area contributed by atoms with E-state index in [1.54, 1.807) is 9.80 Å². The number of carbonyl (C=O) groups is 2. The van der Waals surface area contributed by atoms with E-state index in [0.717, 1.165) is 0 Å². The molecule has 6 atom stereocenters. The molecule has 5 rings (SSSR count). The highest BCUT2D eigenvalue weighted by Gasteiger charge is 2.84. The van der Waals surface area contributed by atoms with Gasteiger partial charge in [0, 0.05) is 10.8 Å². The Morgan fingerprint density at radius 3 is 1.33 bits per heavy atom.